The minimum absolute atomic E-state index is 0.148. The zero-order valence-corrected chi connectivity index (χ0v) is 12.5. The molecule has 19 heavy (non-hydrogen) atoms. The van der Waals surface area contributed by atoms with Crippen LogP contribution in [-0.4, -0.2) is 37.5 Å². The molecule has 0 spiro atoms. The van der Waals surface area contributed by atoms with Crippen LogP contribution in [0.2, 0.25) is 0 Å². The highest BCUT2D eigenvalue weighted by molar-refractivity contribution is 5.76. The van der Waals surface area contributed by atoms with Crippen molar-refractivity contribution in [2.45, 2.75) is 32.7 Å². The van der Waals surface area contributed by atoms with Crippen molar-refractivity contribution in [1.82, 2.24) is 10.2 Å². The lowest BCUT2D eigenvalue weighted by Crippen LogP contribution is -2.41. The number of hydrogen-bond donors (Lipinski definition) is 1. The summed E-state index contributed by atoms with van der Waals surface area (Å²) >= 11 is 0. The van der Waals surface area contributed by atoms with Crippen LogP contribution in [0.15, 0.2) is 30.3 Å². The third-order valence-corrected chi connectivity index (χ3v) is 3.17. The number of nitrogens with one attached hydrogen (secondary N) is 1. The van der Waals surface area contributed by atoms with Gasteiger partial charge in [0.1, 0.15) is 0 Å². The molecule has 0 radical (unpaired) electrons. The van der Waals surface area contributed by atoms with Crippen molar-refractivity contribution in [3.8, 4) is 0 Å². The minimum Gasteiger partial charge on any atom is -0.355 e. The highest BCUT2D eigenvalue weighted by atomic mass is 16.1. The molecule has 1 amide bonds. The van der Waals surface area contributed by atoms with Gasteiger partial charge in [-0.25, -0.2) is 0 Å². The summed E-state index contributed by atoms with van der Waals surface area (Å²) in [6.45, 7) is 4.83. The molecule has 1 N–H and O–H groups in total. The molecule has 1 rings (SSSR count). The second kappa shape index (κ2) is 7.95. The van der Waals surface area contributed by atoms with Gasteiger partial charge in [0.05, 0.1) is 0 Å². The molecule has 0 heterocycles. The molecule has 106 valence electrons. The van der Waals surface area contributed by atoms with Gasteiger partial charge in [-0.3, -0.25) is 4.79 Å². The molecule has 0 aliphatic carbocycles. The molecule has 0 bridgehead atoms. The minimum atomic E-state index is 0.148. The molecule has 0 saturated heterocycles. The van der Waals surface area contributed by atoms with E-state index in [-0.39, 0.29) is 5.91 Å². The average molecular weight is 262 g/mol. The third kappa shape index (κ3) is 6.39. The molecule has 1 atom stereocenters. The first-order valence-electron chi connectivity index (χ1n) is 6.96. The number of rotatable bonds is 7. The van der Waals surface area contributed by atoms with E-state index in [4.69, 9.17) is 0 Å². The van der Waals surface area contributed by atoms with Crippen LogP contribution in [0.5, 0.6) is 0 Å². The van der Waals surface area contributed by atoms with Crippen LogP contribution in [0.1, 0.15) is 25.8 Å². The smallest absolute Gasteiger partial charge is 0.220 e. The topological polar surface area (TPSA) is 32.3 Å². The maximum absolute atomic E-state index is 11.7. The molecule has 0 aliphatic heterocycles. The maximum Gasteiger partial charge on any atom is 0.220 e. The monoisotopic (exact) mass is 262 g/mol. The lowest BCUT2D eigenvalue weighted by Gasteiger charge is -2.25. The fourth-order valence-electron chi connectivity index (χ4n) is 2.00. The summed E-state index contributed by atoms with van der Waals surface area (Å²) < 4.78 is 0. The van der Waals surface area contributed by atoms with Crippen molar-refractivity contribution >= 4 is 5.91 Å². The highest BCUT2D eigenvalue weighted by Crippen LogP contribution is 2.06. The van der Waals surface area contributed by atoms with Crippen molar-refractivity contribution in [3.63, 3.8) is 0 Å². The molecular weight excluding hydrogens is 236 g/mol. The Morgan fingerprint density at radius 1 is 1.21 bits per heavy atom. The van der Waals surface area contributed by atoms with Gasteiger partial charge in [-0.2, -0.15) is 0 Å². The second-order valence-corrected chi connectivity index (χ2v) is 5.71. The Kier molecular flexibility index (Phi) is 6.57. The summed E-state index contributed by atoms with van der Waals surface area (Å²) in [4.78, 5) is 13.9. The molecule has 0 aromatic heterocycles. The molecule has 0 fully saturated rings. The summed E-state index contributed by atoms with van der Waals surface area (Å²) in [5.41, 5.74) is 1.30. The van der Waals surface area contributed by atoms with E-state index >= 15 is 0 Å². The number of carbonyl (C=O) groups excluding carboxylic acids is 1. The Morgan fingerprint density at radius 2 is 1.84 bits per heavy atom. The Labute approximate surface area is 117 Å². The summed E-state index contributed by atoms with van der Waals surface area (Å²) in [6.07, 6.45) is 1.56. The zero-order valence-electron chi connectivity index (χ0n) is 12.5. The molecular formula is C16H26N2O. The van der Waals surface area contributed by atoms with E-state index in [0.717, 1.165) is 6.42 Å². The van der Waals surface area contributed by atoms with Crippen molar-refractivity contribution in [3.05, 3.63) is 35.9 Å². The van der Waals surface area contributed by atoms with Gasteiger partial charge in [0.15, 0.2) is 0 Å². The molecule has 1 aromatic rings. The van der Waals surface area contributed by atoms with Gasteiger partial charge in [-0.05, 0) is 32.0 Å². The largest absolute Gasteiger partial charge is 0.355 e. The lowest BCUT2D eigenvalue weighted by molar-refractivity contribution is -0.122. The Hall–Kier alpha value is -1.35. The first-order valence-corrected chi connectivity index (χ1v) is 6.96. The van der Waals surface area contributed by atoms with Crippen LogP contribution in [-0.2, 0) is 11.2 Å². The van der Waals surface area contributed by atoms with Crippen LogP contribution in [0.3, 0.4) is 0 Å². The number of nitrogens with zero attached hydrogens (tertiary/aromatic N) is 1. The van der Waals surface area contributed by atoms with Crippen LogP contribution < -0.4 is 5.32 Å². The van der Waals surface area contributed by atoms with Crippen LogP contribution in [0, 0.1) is 5.92 Å². The molecule has 0 saturated carbocycles. The van der Waals surface area contributed by atoms with Gasteiger partial charge < -0.3 is 10.2 Å². The second-order valence-electron chi connectivity index (χ2n) is 5.71. The highest BCUT2D eigenvalue weighted by Gasteiger charge is 2.14. The Morgan fingerprint density at radius 3 is 2.37 bits per heavy atom. The normalized spacial score (nSPS) is 12.7. The lowest BCUT2D eigenvalue weighted by atomic mass is 10.0. The zero-order chi connectivity index (χ0) is 14.3. The van der Waals surface area contributed by atoms with Gasteiger partial charge in [-0.1, -0.05) is 44.2 Å². The molecule has 1 aromatic carbocycles. The third-order valence-electron chi connectivity index (χ3n) is 3.17. The number of benzene rings is 1. The summed E-state index contributed by atoms with van der Waals surface area (Å²) in [5, 5.41) is 3.04. The standard InChI is InChI=1S/C16H26N2O/c1-13(2)10-16(19)17-12-15(18(3)4)11-14-8-6-5-7-9-14/h5-9,13,15H,10-12H2,1-4H3,(H,17,19)/t15-/m1/s1. The number of likely N-dealkylation sites (N-methyl/N-ethyl adjacent to an activating group) is 1. The van der Waals surface area contributed by atoms with Gasteiger partial charge >= 0.3 is 0 Å². The van der Waals surface area contributed by atoms with Gasteiger partial charge in [0.25, 0.3) is 0 Å². The van der Waals surface area contributed by atoms with Gasteiger partial charge in [-0.15, -0.1) is 0 Å². The van der Waals surface area contributed by atoms with Crippen LogP contribution >= 0.6 is 0 Å². The van der Waals surface area contributed by atoms with E-state index in [2.05, 4.69) is 62.4 Å². The predicted molar refractivity (Wildman–Crippen MR) is 80.1 cm³/mol. The van der Waals surface area contributed by atoms with Crippen LogP contribution in [0.4, 0.5) is 0 Å². The number of hydrogen-bond acceptors (Lipinski definition) is 2. The number of carbonyl (C=O) groups is 1. The predicted octanol–water partition coefficient (Wildman–Crippen LogP) is 2.32. The Bertz CT molecular complexity index is 374. The van der Waals surface area contributed by atoms with E-state index in [1.54, 1.807) is 0 Å². The first kappa shape index (κ1) is 15.7. The van der Waals surface area contributed by atoms with E-state index < -0.39 is 0 Å². The van der Waals surface area contributed by atoms with Crippen LogP contribution in [0.25, 0.3) is 0 Å². The van der Waals surface area contributed by atoms with Gasteiger partial charge in [0, 0.05) is 19.0 Å². The summed E-state index contributed by atoms with van der Waals surface area (Å²) in [6, 6.07) is 10.7. The number of amides is 1. The molecule has 0 aliphatic rings. The van der Waals surface area contributed by atoms with E-state index in [9.17, 15) is 4.79 Å². The molecule has 0 unspecified atom stereocenters. The fourth-order valence-corrected chi connectivity index (χ4v) is 2.00. The summed E-state index contributed by atoms with van der Waals surface area (Å²) in [5.74, 6) is 0.557. The van der Waals surface area contributed by atoms with E-state index in [1.165, 1.54) is 5.56 Å². The van der Waals surface area contributed by atoms with Crippen molar-refractivity contribution in [1.29, 1.82) is 0 Å². The quantitative estimate of drug-likeness (QED) is 0.818. The van der Waals surface area contributed by atoms with E-state index in [1.807, 2.05) is 6.07 Å². The van der Waals surface area contributed by atoms with Crippen molar-refractivity contribution in [2.24, 2.45) is 5.92 Å². The maximum atomic E-state index is 11.7. The first-order chi connectivity index (χ1) is 8.99. The fraction of sp³-hybridized carbons (Fsp3) is 0.562. The molecule has 3 heteroatoms. The van der Waals surface area contributed by atoms with Gasteiger partial charge in [0.2, 0.25) is 5.91 Å². The van der Waals surface area contributed by atoms with Crippen molar-refractivity contribution < 1.29 is 4.79 Å². The summed E-state index contributed by atoms with van der Waals surface area (Å²) in [7, 11) is 4.12. The van der Waals surface area contributed by atoms with E-state index in [0.29, 0.717) is 24.9 Å². The van der Waals surface area contributed by atoms with Crippen molar-refractivity contribution in [2.75, 3.05) is 20.6 Å². The Balaban J connectivity index is 2.47. The average Bonchev–Trinajstić information content (AvgIpc) is 2.34. The SMILES string of the molecule is CC(C)CC(=O)NC[C@@H](Cc1ccccc1)N(C)C. The molecule has 3 nitrogen and oxygen atoms in total.